The van der Waals surface area contributed by atoms with Crippen molar-refractivity contribution in [3.05, 3.63) is 53.8 Å². The van der Waals surface area contributed by atoms with Crippen molar-refractivity contribution in [2.24, 2.45) is 0 Å². The van der Waals surface area contributed by atoms with E-state index in [1.807, 2.05) is 0 Å². The molecule has 4 aromatic rings. The highest BCUT2D eigenvalue weighted by Crippen LogP contribution is 2.35. The van der Waals surface area contributed by atoms with Gasteiger partial charge < -0.3 is 31.2 Å². The number of nitrogen functional groups attached to an aromatic ring is 2. The first-order valence-electron chi connectivity index (χ1n) is 11.8. The molecular formula is C24H22ClFN8O6. The Labute approximate surface area is 229 Å². The van der Waals surface area contributed by atoms with Gasteiger partial charge in [-0.2, -0.15) is 9.97 Å². The van der Waals surface area contributed by atoms with Crippen LogP contribution >= 0.6 is 11.6 Å². The third-order valence-corrected chi connectivity index (χ3v) is 6.61. The van der Waals surface area contributed by atoms with E-state index in [9.17, 15) is 19.8 Å². The number of ether oxygens (including phenoxy) is 2. The Hall–Kier alpha value is -4.47. The molecule has 4 heterocycles. The number of nitrogens with zero attached hydrogens (tertiary/aromatic N) is 6. The van der Waals surface area contributed by atoms with Gasteiger partial charge in [-0.15, -0.1) is 0 Å². The summed E-state index contributed by atoms with van der Waals surface area (Å²) in [6.07, 6.45) is -0.153. The summed E-state index contributed by atoms with van der Waals surface area (Å²) in [5.74, 6) is -3.32. The van der Waals surface area contributed by atoms with Gasteiger partial charge in [0, 0.05) is 30.8 Å². The lowest BCUT2D eigenvalue weighted by Gasteiger charge is -2.27. The molecule has 208 valence electrons. The van der Waals surface area contributed by atoms with Gasteiger partial charge in [-0.25, -0.2) is 28.9 Å². The fraction of sp³-hybridized carbons (Fsp3) is 0.292. The summed E-state index contributed by atoms with van der Waals surface area (Å²) in [7, 11) is 0. The summed E-state index contributed by atoms with van der Waals surface area (Å²) >= 11 is 5.88. The van der Waals surface area contributed by atoms with Gasteiger partial charge in [0.1, 0.15) is 11.7 Å². The number of benzene rings is 1. The lowest BCUT2D eigenvalue weighted by Crippen LogP contribution is -2.52. The standard InChI is InChI=1S/C24H22ClFN8O6/c25-22-32-17(27)16-18(33-22)34(10-31-16)19-15(26)5-14(40-19)9-39-24(20(35)36,21(37)38)6-11-1-3-12(4-2-11)13-7-29-23(28)30-8-13/h1-4,7-8,10,14-15,19H,5-6,9H2,(H,35,36)(H,37,38)(H2,27,32,33)(H2,28,29,30). The van der Waals surface area contributed by atoms with Crippen LogP contribution in [0, 0.1) is 0 Å². The summed E-state index contributed by atoms with van der Waals surface area (Å²) < 4.78 is 27.6. The van der Waals surface area contributed by atoms with Crippen molar-refractivity contribution < 1.29 is 33.7 Å². The zero-order valence-corrected chi connectivity index (χ0v) is 21.3. The average molecular weight is 573 g/mol. The first-order chi connectivity index (χ1) is 19.1. The number of imidazole rings is 1. The second-order valence-corrected chi connectivity index (χ2v) is 9.39. The summed E-state index contributed by atoms with van der Waals surface area (Å²) in [5, 5.41) is 19.7. The number of carboxylic acid groups (broad SMARTS) is 2. The number of alkyl halides is 1. The SMILES string of the molecule is Nc1ncc(-c2ccc(CC(OCC3CC(F)C(n4cnc5c(N)nc(Cl)nc54)O3)(C(=O)O)C(=O)O)cc2)cn1. The molecule has 3 aromatic heterocycles. The van der Waals surface area contributed by atoms with E-state index in [0.717, 1.165) is 0 Å². The second kappa shape index (κ2) is 10.6. The second-order valence-electron chi connectivity index (χ2n) is 9.05. The van der Waals surface area contributed by atoms with E-state index in [-0.39, 0.29) is 34.6 Å². The van der Waals surface area contributed by atoms with Crippen molar-refractivity contribution in [3.63, 3.8) is 0 Å². The minimum atomic E-state index is -2.66. The Bertz CT molecular complexity index is 1550. The molecule has 1 aliphatic rings. The highest BCUT2D eigenvalue weighted by molar-refractivity contribution is 6.28. The van der Waals surface area contributed by atoms with Crippen LogP contribution in [-0.2, 0) is 25.5 Å². The van der Waals surface area contributed by atoms with Gasteiger partial charge in [0.25, 0.3) is 5.60 Å². The molecule has 0 radical (unpaired) electrons. The van der Waals surface area contributed by atoms with Crippen LogP contribution in [0.25, 0.3) is 22.3 Å². The van der Waals surface area contributed by atoms with Crippen LogP contribution in [-0.4, -0.2) is 76.1 Å². The monoisotopic (exact) mass is 572 g/mol. The van der Waals surface area contributed by atoms with Gasteiger partial charge in [0.2, 0.25) is 11.2 Å². The van der Waals surface area contributed by atoms with E-state index >= 15 is 4.39 Å². The fourth-order valence-electron chi connectivity index (χ4n) is 4.39. The predicted octanol–water partition coefficient (Wildman–Crippen LogP) is 1.89. The first-order valence-corrected chi connectivity index (χ1v) is 12.2. The lowest BCUT2D eigenvalue weighted by atomic mass is 9.93. The van der Waals surface area contributed by atoms with Crippen molar-refractivity contribution in [1.29, 1.82) is 0 Å². The summed E-state index contributed by atoms with van der Waals surface area (Å²) in [5.41, 5.74) is 10.7. The van der Waals surface area contributed by atoms with Crippen LogP contribution in [0.1, 0.15) is 18.2 Å². The molecule has 14 nitrogen and oxygen atoms in total. The smallest absolute Gasteiger partial charge is 0.348 e. The number of hydrogen-bond acceptors (Lipinski definition) is 11. The van der Waals surface area contributed by atoms with Crippen molar-refractivity contribution >= 4 is 46.5 Å². The normalized spacial score (nSPS) is 19.2. The number of halogens is 2. The highest BCUT2D eigenvalue weighted by Gasteiger charge is 2.50. The summed E-state index contributed by atoms with van der Waals surface area (Å²) in [4.78, 5) is 44.2. The fourth-order valence-corrected chi connectivity index (χ4v) is 4.56. The maximum atomic E-state index is 15.0. The highest BCUT2D eigenvalue weighted by atomic mass is 35.5. The number of carboxylic acids is 2. The van der Waals surface area contributed by atoms with Crippen molar-refractivity contribution in [3.8, 4) is 11.1 Å². The number of carbonyl (C=O) groups is 2. The molecule has 0 spiro atoms. The molecule has 1 aromatic carbocycles. The molecule has 0 saturated carbocycles. The van der Waals surface area contributed by atoms with Crippen LogP contribution in [0.3, 0.4) is 0 Å². The van der Waals surface area contributed by atoms with Crippen LogP contribution in [0.2, 0.25) is 5.28 Å². The number of rotatable bonds is 9. The minimum Gasteiger partial charge on any atom is -0.479 e. The van der Waals surface area contributed by atoms with E-state index < -0.39 is 49.1 Å². The molecule has 3 atom stereocenters. The molecule has 6 N–H and O–H groups in total. The van der Waals surface area contributed by atoms with Crippen LogP contribution in [0.5, 0.6) is 0 Å². The zero-order valence-electron chi connectivity index (χ0n) is 20.5. The minimum absolute atomic E-state index is 0.00423. The number of aromatic nitrogens is 6. The number of aliphatic carboxylic acids is 2. The zero-order chi connectivity index (χ0) is 28.6. The summed E-state index contributed by atoms with van der Waals surface area (Å²) in [6, 6.07) is 6.46. The topological polar surface area (TPSA) is 214 Å². The van der Waals surface area contributed by atoms with Gasteiger partial charge in [0.15, 0.2) is 17.7 Å². The molecule has 0 bridgehead atoms. The van der Waals surface area contributed by atoms with E-state index in [4.69, 9.17) is 32.5 Å². The molecule has 16 heteroatoms. The molecule has 1 saturated heterocycles. The predicted molar refractivity (Wildman–Crippen MR) is 138 cm³/mol. The van der Waals surface area contributed by atoms with Gasteiger partial charge in [-0.1, -0.05) is 24.3 Å². The molecule has 0 amide bonds. The number of hydrogen-bond donors (Lipinski definition) is 4. The van der Waals surface area contributed by atoms with Gasteiger partial charge in [-0.3, -0.25) is 4.57 Å². The Kier molecular flexibility index (Phi) is 7.18. The number of anilines is 2. The average Bonchev–Trinajstić information content (AvgIpc) is 3.50. The summed E-state index contributed by atoms with van der Waals surface area (Å²) in [6.45, 7) is -0.513. The van der Waals surface area contributed by atoms with Crippen molar-refractivity contribution in [2.75, 3.05) is 18.1 Å². The molecule has 3 unspecified atom stereocenters. The molecule has 1 fully saturated rings. The Morgan fingerprint density at radius 3 is 2.42 bits per heavy atom. The van der Waals surface area contributed by atoms with Crippen LogP contribution in [0.15, 0.2) is 43.0 Å². The quantitative estimate of drug-likeness (QED) is 0.167. The van der Waals surface area contributed by atoms with Crippen molar-refractivity contribution in [1.82, 2.24) is 29.5 Å². The molecular weight excluding hydrogens is 551 g/mol. The van der Waals surface area contributed by atoms with Gasteiger partial charge in [0.05, 0.1) is 19.0 Å². The van der Waals surface area contributed by atoms with Gasteiger partial charge in [-0.05, 0) is 22.7 Å². The lowest BCUT2D eigenvalue weighted by molar-refractivity contribution is -0.188. The maximum absolute atomic E-state index is 15.0. The Morgan fingerprint density at radius 2 is 1.77 bits per heavy atom. The van der Waals surface area contributed by atoms with Crippen LogP contribution < -0.4 is 11.5 Å². The van der Waals surface area contributed by atoms with E-state index in [0.29, 0.717) is 16.7 Å². The Balaban J connectivity index is 1.31. The van der Waals surface area contributed by atoms with Crippen molar-refractivity contribution in [2.45, 2.75) is 36.9 Å². The van der Waals surface area contributed by atoms with Crippen LogP contribution in [0.4, 0.5) is 16.2 Å². The number of nitrogens with two attached hydrogens (primary N) is 2. The third kappa shape index (κ3) is 5.09. The molecule has 40 heavy (non-hydrogen) atoms. The maximum Gasteiger partial charge on any atom is 0.348 e. The molecule has 5 rings (SSSR count). The third-order valence-electron chi connectivity index (χ3n) is 6.44. The molecule has 1 aliphatic heterocycles. The largest absolute Gasteiger partial charge is 0.479 e. The van der Waals surface area contributed by atoms with E-state index in [1.54, 1.807) is 24.3 Å². The van der Waals surface area contributed by atoms with Gasteiger partial charge >= 0.3 is 11.9 Å². The van der Waals surface area contributed by atoms with E-state index in [2.05, 4.69) is 24.9 Å². The van der Waals surface area contributed by atoms with E-state index in [1.165, 1.54) is 23.3 Å². The first kappa shape index (κ1) is 27.1. The Morgan fingerprint density at radius 1 is 1.10 bits per heavy atom. The molecule has 0 aliphatic carbocycles. The number of fused-ring (bicyclic) bond motifs is 1.